The van der Waals surface area contributed by atoms with Crippen LogP contribution in [0.4, 0.5) is 4.79 Å². The average molecular weight is 545 g/mol. The highest BCUT2D eigenvalue weighted by Crippen LogP contribution is 2.40. The molecule has 1 saturated heterocycles. The Hall–Kier alpha value is -2.65. The maximum absolute atomic E-state index is 14.3. The number of aromatic nitrogens is 2. The number of rotatable bonds is 11. The number of unbranched alkanes of at least 4 members (excludes halogenated alkanes) is 1. The maximum Gasteiger partial charge on any atom is 0.407 e. The fourth-order valence-corrected chi connectivity index (χ4v) is 6.19. The second-order valence-corrected chi connectivity index (χ2v) is 12.4. The van der Waals surface area contributed by atoms with Crippen LogP contribution in [-0.2, 0) is 11.3 Å². The molecule has 0 aliphatic carbocycles. The Kier molecular flexibility index (Phi) is 10.4. The number of ether oxygens (including phenoxy) is 1. The van der Waals surface area contributed by atoms with Crippen LogP contribution in [0.3, 0.4) is 0 Å². The lowest BCUT2D eigenvalue weighted by atomic mass is 9.70. The number of piperidine rings is 1. The summed E-state index contributed by atoms with van der Waals surface area (Å²) in [7, 11) is 1.68. The van der Waals surface area contributed by atoms with Gasteiger partial charge in [-0.15, -0.1) is 0 Å². The number of carbonyl (C=O) groups is 2. The van der Waals surface area contributed by atoms with E-state index in [2.05, 4.69) is 13.8 Å². The zero-order chi connectivity index (χ0) is 28.9. The van der Waals surface area contributed by atoms with Gasteiger partial charge in [0.05, 0.1) is 23.2 Å². The van der Waals surface area contributed by atoms with Gasteiger partial charge in [0.2, 0.25) is 0 Å². The standard InChI is InChI=1S/C30H48N4O5/c1-8-25(35)22-17-21(19-34(29(37)38)26(22)30(4,5)6)33(18-20(2)3)28(36)27-31-23-13-9-10-14-24(23)32(27)15-11-12-16-39-7/h9-10,13-14,20-22,25-26,35H,8,11-12,15-19H2,1-7H3,(H,37,38)/t21-,22-,25?,26?/m0/s1. The second kappa shape index (κ2) is 13.1. The van der Waals surface area contributed by atoms with Crippen molar-refractivity contribution >= 4 is 23.0 Å². The molecule has 9 heteroatoms. The lowest BCUT2D eigenvalue weighted by Crippen LogP contribution is -2.64. The number of imidazole rings is 1. The van der Waals surface area contributed by atoms with Crippen LogP contribution in [0.2, 0.25) is 0 Å². The van der Waals surface area contributed by atoms with Gasteiger partial charge >= 0.3 is 6.09 Å². The van der Waals surface area contributed by atoms with E-state index < -0.39 is 12.2 Å². The predicted molar refractivity (Wildman–Crippen MR) is 153 cm³/mol. The van der Waals surface area contributed by atoms with Crippen LogP contribution in [0.25, 0.3) is 11.0 Å². The Morgan fingerprint density at radius 3 is 2.49 bits per heavy atom. The van der Waals surface area contributed by atoms with Crippen LogP contribution >= 0.6 is 0 Å². The molecule has 0 spiro atoms. The third-order valence-corrected chi connectivity index (χ3v) is 7.83. The quantitative estimate of drug-likeness (QED) is 0.381. The lowest BCUT2D eigenvalue weighted by Gasteiger charge is -2.52. The topological polar surface area (TPSA) is 108 Å². The lowest BCUT2D eigenvalue weighted by molar-refractivity contribution is -0.0581. The van der Waals surface area contributed by atoms with Crippen LogP contribution in [0.1, 0.15) is 77.8 Å². The van der Waals surface area contributed by atoms with Crippen molar-refractivity contribution in [1.29, 1.82) is 0 Å². The number of methoxy groups -OCH3 is 1. The molecule has 1 fully saturated rings. The van der Waals surface area contributed by atoms with E-state index in [0.717, 1.165) is 23.9 Å². The number of fused-ring (bicyclic) bond motifs is 1. The van der Waals surface area contributed by atoms with Crippen molar-refractivity contribution in [3.63, 3.8) is 0 Å². The minimum atomic E-state index is -1.02. The number of aliphatic hydroxyl groups excluding tert-OH is 1. The van der Waals surface area contributed by atoms with E-state index in [4.69, 9.17) is 9.72 Å². The number of aryl methyl sites for hydroxylation is 1. The minimum Gasteiger partial charge on any atom is -0.465 e. The van der Waals surface area contributed by atoms with E-state index in [1.807, 2.05) is 61.4 Å². The molecule has 0 saturated carbocycles. The molecule has 2 amide bonds. The third kappa shape index (κ3) is 7.11. The summed E-state index contributed by atoms with van der Waals surface area (Å²) in [6, 6.07) is 7.03. The van der Waals surface area contributed by atoms with E-state index in [-0.39, 0.29) is 41.8 Å². The molecule has 0 radical (unpaired) electrons. The summed E-state index contributed by atoms with van der Waals surface area (Å²) in [5.41, 5.74) is 1.30. The largest absolute Gasteiger partial charge is 0.465 e. The van der Waals surface area contributed by atoms with E-state index in [0.29, 0.717) is 38.4 Å². The van der Waals surface area contributed by atoms with Gasteiger partial charge in [-0.2, -0.15) is 0 Å². The van der Waals surface area contributed by atoms with Gasteiger partial charge in [0.25, 0.3) is 5.91 Å². The van der Waals surface area contributed by atoms with E-state index >= 15 is 0 Å². The first-order chi connectivity index (χ1) is 18.4. The highest BCUT2D eigenvalue weighted by molar-refractivity contribution is 5.95. The Labute approximate surface area is 233 Å². The van der Waals surface area contributed by atoms with Gasteiger partial charge in [0.15, 0.2) is 5.82 Å². The molecule has 2 aromatic rings. The molecular formula is C30H48N4O5. The van der Waals surface area contributed by atoms with Crippen molar-refractivity contribution in [2.24, 2.45) is 17.3 Å². The normalized spacial score (nSPS) is 20.9. The van der Waals surface area contributed by atoms with Gasteiger partial charge < -0.3 is 29.3 Å². The molecule has 1 aliphatic rings. The van der Waals surface area contributed by atoms with Crippen LogP contribution in [0, 0.1) is 17.3 Å². The van der Waals surface area contributed by atoms with Crippen LogP contribution in [0.5, 0.6) is 0 Å². The van der Waals surface area contributed by atoms with Gasteiger partial charge in [0, 0.05) is 45.3 Å². The first-order valence-corrected chi connectivity index (χ1v) is 14.3. The molecule has 3 rings (SSSR count). The maximum atomic E-state index is 14.3. The fraction of sp³-hybridized carbons (Fsp3) is 0.700. The SMILES string of the molecule is CCC(O)[C@@H]1C[C@H](N(CC(C)C)C(=O)c2nc3ccccc3n2CCCCOC)CN(C(=O)O)C1C(C)(C)C. The number of hydrogen-bond donors (Lipinski definition) is 2. The highest BCUT2D eigenvalue weighted by Gasteiger charge is 2.48. The first-order valence-electron chi connectivity index (χ1n) is 14.3. The molecule has 2 heterocycles. The summed E-state index contributed by atoms with van der Waals surface area (Å²) >= 11 is 0. The third-order valence-electron chi connectivity index (χ3n) is 7.83. The van der Waals surface area contributed by atoms with E-state index in [1.165, 1.54) is 4.90 Å². The molecule has 0 bridgehead atoms. The second-order valence-electron chi connectivity index (χ2n) is 12.4. The molecule has 1 aliphatic heterocycles. The molecule has 1 aromatic heterocycles. The van der Waals surface area contributed by atoms with Gasteiger partial charge in [-0.1, -0.05) is 53.7 Å². The summed E-state index contributed by atoms with van der Waals surface area (Å²) in [6.07, 6.45) is 1.08. The molecule has 4 atom stereocenters. The number of benzene rings is 1. The van der Waals surface area contributed by atoms with Crippen molar-refractivity contribution in [2.75, 3.05) is 26.8 Å². The Morgan fingerprint density at radius 1 is 1.21 bits per heavy atom. The highest BCUT2D eigenvalue weighted by atomic mass is 16.5. The first kappa shape index (κ1) is 30.9. The van der Waals surface area contributed by atoms with Crippen molar-refractivity contribution in [2.45, 2.75) is 92.0 Å². The summed E-state index contributed by atoms with van der Waals surface area (Å²) in [6.45, 7) is 14.1. The number of carbonyl (C=O) groups excluding carboxylic acids is 1. The zero-order valence-corrected chi connectivity index (χ0v) is 24.8. The van der Waals surface area contributed by atoms with Crippen molar-refractivity contribution in [3.05, 3.63) is 30.1 Å². The number of nitrogens with zero attached hydrogens (tertiary/aromatic N) is 4. The summed E-state index contributed by atoms with van der Waals surface area (Å²) < 4.78 is 7.21. The van der Waals surface area contributed by atoms with E-state index in [9.17, 15) is 19.8 Å². The average Bonchev–Trinajstić information content (AvgIpc) is 3.26. The molecule has 2 unspecified atom stereocenters. The van der Waals surface area contributed by atoms with Crippen LogP contribution < -0.4 is 0 Å². The molecule has 2 N–H and O–H groups in total. The number of amides is 2. The number of carboxylic acid groups (broad SMARTS) is 1. The smallest absolute Gasteiger partial charge is 0.407 e. The van der Waals surface area contributed by atoms with E-state index in [1.54, 1.807) is 7.11 Å². The molecular weight excluding hydrogens is 496 g/mol. The Balaban J connectivity index is 2.04. The summed E-state index contributed by atoms with van der Waals surface area (Å²) in [5, 5.41) is 21.4. The fourth-order valence-electron chi connectivity index (χ4n) is 6.19. The summed E-state index contributed by atoms with van der Waals surface area (Å²) in [4.78, 5) is 35.0. The minimum absolute atomic E-state index is 0.168. The molecule has 218 valence electrons. The number of hydrogen-bond acceptors (Lipinski definition) is 5. The number of para-hydroxylation sites is 2. The van der Waals surface area contributed by atoms with Crippen molar-refractivity contribution < 1.29 is 24.5 Å². The van der Waals surface area contributed by atoms with Crippen molar-refractivity contribution in [3.8, 4) is 0 Å². The van der Waals surface area contributed by atoms with Crippen LogP contribution in [-0.4, -0.2) is 86.6 Å². The van der Waals surface area contributed by atoms with Gasteiger partial charge in [0.1, 0.15) is 0 Å². The van der Waals surface area contributed by atoms with Crippen LogP contribution in [0.15, 0.2) is 24.3 Å². The summed E-state index contributed by atoms with van der Waals surface area (Å²) in [5.74, 6) is 0.0597. The van der Waals surface area contributed by atoms with Crippen molar-refractivity contribution in [1.82, 2.24) is 19.4 Å². The Morgan fingerprint density at radius 2 is 1.90 bits per heavy atom. The number of likely N-dealkylation sites (tertiary alicyclic amines) is 1. The molecule has 9 nitrogen and oxygen atoms in total. The Bertz CT molecular complexity index is 1110. The monoisotopic (exact) mass is 544 g/mol. The molecule has 1 aromatic carbocycles. The van der Waals surface area contributed by atoms with Gasteiger partial charge in [-0.05, 0) is 49.1 Å². The molecule has 39 heavy (non-hydrogen) atoms. The number of aliphatic hydroxyl groups is 1. The van der Waals surface area contributed by atoms with Gasteiger partial charge in [-0.25, -0.2) is 9.78 Å². The zero-order valence-electron chi connectivity index (χ0n) is 24.8. The predicted octanol–water partition coefficient (Wildman–Crippen LogP) is 5.12. The van der Waals surface area contributed by atoms with Gasteiger partial charge in [-0.3, -0.25) is 4.79 Å².